The second-order valence-corrected chi connectivity index (χ2v) is 6.10. The fraction of sp³-hybridized carbons (Fsp3) is 0.769. The molecule has 3 fully saturated rings. The first-order valence-corrected chi connectivity index (χ1v) is 6.70. The number of aliphatic hydroxyl groups is 1. The van der Waals surface area contributed by atoms with Crippen molar-refractivity contribution in [2.75, 3.05) is 0 Å². The van der Waals surface area contributed by atoms with Gasteiger partial charge in [-0.2, -0.15) is 0 Å². The van der Waals surface area contributed by atoms with Gasteiger partial charge in [0, 0.05) is 18.8 Å². The predicted octanol–water partition coefficient (Wildman–Crippen LogP) is 0.214. The molecule has 2 unspecified atom stereocenters. The maximum atomic E-state index is 11.8. The summed E-state index contributed by atoms with van der Waals surface area (Å²) in [7, 11) is 0. The summed E-state index contributed by atoms with van der Waals surface area (Å²) < 4.78 is 5.04. The lowest BCUT2D eigenvalue weighted by Gasteiger charge is -2.34. The van der Waals surface area contributed by atoms with E-state index < -0.39 is 46.9 Å². The molecule has 20 heavy (non-hydrogen) atoms. The molecule has 1 saturated heterocycles. The average Bonchev–Trinajstić information content (AvgIpc) is 2.91. The van der Waals surface area contributed by atoms with Gasteiger partial charge in [-0.15, -0.1) is 0 Å². The third kappa shape index (κ3) is 1.52. The van der Waals surface area contributed by atoms with Crippen LogP contribution in [0.4, 0.5) is 0 Å². The molecule has 1 aliphatic heterocycles. The van der Waals surface area contributed by atoms with E-state index in [-0.39, 0.29) is 25.7 Å². The summed E-state index contributed by atoms with van der Waals surface area (Å²) in [6.07, 6.45) is 0.670. The Morgan fingerprint density at radius 1 is 1.30 bits per heavy atom. The van der Waals surface area contributed by atoms with E-state index in [0.717, 1.165) is 0 Å². The van der Waals surface area contributed by atoms with Crippen molar-refractivity contribution in [2.45, 2.75) is 37.9 Å². The van der Waals surface area contributed by atoms with Crippen LogP contribution in [-0.2, 0) is 19.1 Å². The Labute approximate surface area is 114 Å². The van der Waals surface area contributed by atoms with Crippen LogP contribution in [0.1, 0.15) is 32.1 Å². The van der Waals surface area contributed by atoms with Crippen LogP contribution in [0.2, 0.25) is 0 Å². The maximum Gasteiger partial charge on any atom is 0.312 e. The highest BCUT2D eigenvalue weighted by atomic mass is 16.7. The van der Waals surface area contributed by atoms with Gasteiger partial charge in [-0.1, -0.05) is 0 Å². The lowest BCUT2D eigenvalue weighted by atomic mass is 9.69. The van der Waals surface area contributed by atoms with Crippen molar-refractivity contribution in [1.29, 1.82) is 0 Å². The number of carboxylic acids is 2. The van der Waals surface area contributed by atoms with Gasteiger partial charge in [-0.25, -0.2) is 0 Å². The van der Waals surface area contributed by atoms with Gasteiger partial charge >= 0.3 is 17.9 Å². The van der Waals surface area contributed by atoms with Crippen LogP contribution in [0.3, 0.4) is 0 Å². The molecule has 0 aromatic heterocycles. The molecule has 0 spiro atoms. The average molecular weight is 284 g/mol. The molecule has 2 aliphatic carbocycles. The SMILES string of the molecule is O=C(O)CCC12CC[C@]3(O)OC(=O)[C@H](C[C@@H]1C(=O)O)C23. The fourth-order valence-corrected chi connectivity index (χ4v) is 4.64. The molecule has 7 heteroatoms. The lowest BCUT2D eigenvalue weighted by Crippen LogP contribution is -2.40. The highest BCUT2D eigenvalue weighted by Gasteiger charge is 2.74. The minimum Gasteiger partial charge on any atom is -0.481 e. The highest BCUT2D eigenvalue weighted by molar-refractivity contribution is 5.81. The summed E-state index contributed by atoms with van der Waals surface area (Å²) in [5.74, 6) is -6.21. The number of ether oxygens (including phenoxy) is 1. The van der Waals surface area contributed by atoms with Gasteiger partial charge < -0.3 is 20.1 Å². The summed E-state index contributed by atoms with van der Waals surface area (Å²) in [4.78, 5) is 34.1. The molecule has 1 heterocycles. The maximum absolute atomic E-state index is 11.8. The van der Waals surface area contributed by atoms with Gasteiger partial charge in [0.1, 0.15) is 0 Å². The molecule has 5 atom stereocenters. The Morgan fingerprint density at radius 2 is 2.00 bits per heavy atom. The Bertz CT molecular complexity index is 501. The van der Waals surface area contributed by atoms with E-state index >= 15 is 0 Å². The monoisotopic (exact) mass is 284 g/mol. The van der Waals surface area contributed by atoms with Crippen molar-refractivity contribution >= 4 is 17.9 Å². The Balaban J connectivity index is 2.00. The second kappa shape index (κ2) is 3.94. The van der Waals surface area contributed by atoms with Crippen LogP contribution in [-0.4, -0.2) is 39.0 Å². The van der Waals surface area contributed by atoms with Crippen molar-refractivity contribution in [3.63, 3.8) is 0 Å². The molecule has 3 rings (SSSR count). The largest absolute Gasteiger partial charge is 0.481 e. The second-order valence-electron chi connectivity index (χ2n) is 6.10. The number of aliphatic carboxylic acids is 2. The molecular weight excluding hydrogens is 268 g/mol. The van der Waals surface area contributed by atoms with E-state index in [1.165, 1.54) is 0 Å². The topological polar surface area (TPSA) is 121 Å². The molecule has 3 N–H and O–H groups in total. The lowest BCUT2D eigenvalue weighted by molar-refractivity contribution is -0.200. The number of hydrogen-bond donors (Lipinski definition) is 3. The van der Waals surface area contributed by atoms with Crippen LogP contribution < -0.4 is 0 Å². The van der Waals surface area contributed by atoms with Crippen molar-refractivity contribution < 1.29 is 34.4 Å². The fourth-order valence-electron chi connectivity index (χ4n) is 4.64. The Morgan fingerprint density at radius 3 is 2.60 bits per heavy atom. The minimum atomic E-state index is -1.61. The molecule has 0 aromatic rings. The van der Waals surface area contributed by atoms with Crippen LogP contribution in [0.5, 0.6) is 0 Å². The molecule has 0 amide bonds. The standard InChI is InChI=1S/C13H16O7/c14-8(15)1-2-12-3-4-13(19)9(12)6(11(18)20-13)5-7(12)10(16)17/h6-7,9,19H,1-5H2,(H,14,15)(H,16,17)/t6-,7-,9?,12?,13+/m1/s1. The first-order valence-electron chi connectivity index (χ1n) is 6.70. The molecule has 110 valence electrons. The summed E-state index contributed by atoms with van der Waals surface area (Å²) in [5.41, 5.74) is -0.851. The van der Waals surface area contributed by atoms with Crippen molar-refractivity contribution in [1.82, 2.24) is 0 Å². The summed E-state index contributed by atoms with van der Waals surface area (Å²) in [6.45, 7) is 0. The van der Waals surface area contributed by atoms with Crippen LogP contribution in [0, 0.1) is 23.2 Å². The normalized spacial score (nSPS) is 45.2. The highest BCUT2D eigenvalue weighted by Crippen LogP contribution is 2.68. The molecule has 2 saturated carbocycles. The number of carbonyl (C=O) groups excluding carboxylic acids is 1. The summed E-state index contributed by atoms with van der Waals surface area (Å²) >= 11 is 0. The zero-order valence-corrected chi connectivity index (χ0v) is 10.7. The van der Waals surface area contributed by atoms with Gasteiger partial charge in [0.2, 0.25) is 5.79 Å². The zero-order chi connectivity index (χ0) is 14.7. The van der Waals surface area contributed by atoms with Gasteiger partial charge in [0.05, 0.1) is 11.8 Å². The number of carbonyl (C=O) groups is 3. The van der Waals surface area contributed by atoms with E-state index in [0.29, 0.717) is 6.42 Å². The van der Waals surface area contributed by atoms with E-state index in [2.05, 4.69) is 0 Å². The summed E-state index contributed by atoms with van der Waals surface area (Å²) in [6, 6.07) is 0. The molecule has 0 radical (unpaired) electrons. The molecule has 7 nitrogen and oxygen atoms in total. The van der Waals surface area contributed by atoms with Crippen LogP contribution >= 0.6 is 0 Å². The van der Waals surface area contributed by atoms with Crippen LogP contribution in [0.15, 0.2) is 0 Å². The van der Waals surface area contributed by atoms with E-state index in [4.69, 9.17) is 9.84 Å². The van der Waals surface area contributed by atoms with Crippen molar-refractivity contribution in [3.8, 4) is 0 Å². The minimum absolute atomic E-state index is 0.126. The molecule has 3 aliphatic rings. The van der Waals surface area contributed by atoms with Gasteiger partial charge in [-0.3, -0.25) is 14.4 Å². The van der Waals surface area contributed by atoms with Crippen molar-refractivity contribution in [3.05, 3.63) is 0 Å². The molecule has 0 bridgehead atoms. The first-order chi connectivity index (χ1) is 9.30. The summed E-state index contributed by atoms with van der Waals surface area (Å²) in [5, 5.41) is 28.7. The van der Waals surface area contributed by atoms with E-state index in [1.807, 2.05) is 0 Å². The smallest absolute Gasteiger partial charge is 0.312 e. The number of hydrogen-bond acceptors (Lipinski definition) is 5. The number of carboxylic acid groups (broad SMARTS) is 2. The predicted molar refractivity (Wildman–Crippen MR) is 62.3 cm³/mol. The molecule has 0 aromatic carbocycles. The van der Waals surface area contributed by atoms with Crippen molar-refractivity contribution in [2.24, 2.45) is 23.2 Å². The number of rotatable bonds is 4. The third-order valence-corrected chi connectivity index (χ3v) is 5.32. The molecular formula is C13H16O7. The van der Waals surface area contributed by atoms with Gasteiger partial charge in [0.15, 0.2) is 0 Å². The van der Waals surface area contributed by atoms with E-state index in [9.17, 15) is 24.6 Å². The first kappa shape index (κ1) is 13.4. The zero-order valence-electron chi connectivity index (χ0n) is 10.7. The quantitative estimate of drug-likeness (QED) is 0.631. The third-order valence-electron chi connectivity index (χ3n) is 5.32. The van der Waals surface area contributed by atoms with E-state index in [1.54, 1.807) is 0 Å². The Hall–Kier alpha value is -1.63. The Kier molecular flexibility index (Phi) is 2.63. The number of esters is 1. The van der Waals surface area contributed by atoms with Gasteiger partial charge in [0.25, 0.3) is 0 Å². The van der Waals surface area contributed by atoms with Crippen LogP contribution in [0.25, 0.3) is 0 Å². The van der Waals surface area contributed by atoms with Gasteiger partial charge in [-0.05, 0) is 24.7 Å².